The Hall–Kier alpha value is -1.55. The van der Waals surface area contributed by atoms with Crippen LogP contribution in [-0.4, -0.2) is 18.0 Å². The molecule has 0 saturated heterocycles. The molecule has 100 valence electrons. The average molecular weight is 249 g/mol. The number of amides is 1. The second-order valence-corrected chi connectivity index (χ2v) is 4.66. The van der Waals surface area contributed by atoms with E-state index in [2.05, 4.69) is 5.32 Å². The Labute approximate surface area is 109 Å². The van der Waals surface area contributed by atoms with E-state index in [4.69, 9.17) is 11.5 Å². The Morgan fingerprint density at radius 1 is 1.22 bits per heavy atom. The lowest BCUT2D eigenvalue weighted by Gasteiger charge is -2.31. The first-order valence-electron chi connectivity index (χ1n) is 6.40. The predicted molar refractivity (Wildman–Crippen MR) is 75.1 cm³/mol. The van der Waals surface area contributed by atoms with Crippen molar-refractivity contribution in [3.63, 3.8) is 0 Å². The fourth-order valence-electron chi connectivity index (χ4n) is 1.93. The number of benzene rings is 1. The summed E-state index contributed by atoms with van der Waals surface area (Å²) in [6.45, 7) is 4.55. The van der Waals surface area contributed by atoms with Gasteiger partial charge in [0.1, 0.15) is 0 Å². The molecule has 0 aromatic heterocycles. The van der Waals surface area contributed by atoms with E-state index in [0.29, 0.717) is 18.7 Å². The summed E-state index contributed by atoms with van der Waals surface area (Å²) in [6.07, 6.45) is 2.04. The predicted octanol–water partition coefficient (Wildman–Crippen LogP) is 1.44. The van der Waals surface area contributed by atoms with Gasteiger partial charge >= 0.3 is 0 Å². The number of carbonyl (C=O) groups is 1. The van der Waals surface area contributed by atoms with Gasteiger partial charge in [0.25, 0.3) is 0 Å². The standard InChI is InChI=1S/C14H23N3O/c1-3-14(4-2,10-15)17-13(18)9-11-5-7-12(16)8-6-11/h5-8H,3-4,9-10,15-16H2,1-2H3,(H,17,18). The van der Waals surface area contributed by atoms with Crippen LogP contribution in [0.25, 0.3) is 0 Å². The van der Waals surface area contributed by atoms with Crippen LogP contribution in [-0.2, 0) is 11.2 Å². The summed E-state index contributed by atoms with van der Waals surface area (Å²) in [5, 5.41) is 3.05. The number of hydrogen-bond acceptors (Lipinski definition) is 3. The number of hydrogen-bond donors (Lipinski definition) is 3. The third-order valence-corrected chi connectivity index (χ3v) is 3.49. The Balaban J connectivity index is 2.63. The number of nitrogens with two attached hydrogens (primary N) is 2. The summed E-state index contributed by atoms with van der Waals surface area (Å²) in [6, 6.07) is 7.35. The summed E-state index contributed by atoms with van der Waals surface area (Å²) >= 11 is 0. The molecule has 0 radical (unpaired) electrons. The molecule has 4 heteroatoms. The smallest absolute Gasteiger partial charge is 0.224 e. The van der Waals surface area contributed by atoms with Crippen LogP contribution in [0.5, 0.6) is 0 Å². The van der Waals surface area contributed by atoms with Crippen molar-refractivity contribution in [3.05, 3.63) is 29.8 Å². The molecule has 1 rings (SSSR count). The zero-order chi connectivity index (χ0) is 13.6. The Kier molecular flexibility index (Phi) is 5.16. The van der Waals surface area contributed by atoms with Crippen molar-refractivity contribution in [2.45, 2.75) is 38.6 Å². The Morgan fingerprint density at radius 2 is 1.78 bits per heavy atom. The van der Waals surface area contributed by atoms with E-state index in [-0.39, 0.29) is 11.4 Å². The highest BCUT2D eigenvalue weighted by atomic mass is 16.1. The van der Waals surface area contributed by atoms with Crippen LogP contribution in [0.4, 0.5) is 5.69 Å². The number of nitrogens with one attached hydrogen (secondary N) is 1. The minimum absolute atomic E-state index is 0.00826. The average Bonchev–Trinajstić information content (AvgIpc) is 2.39. The summed E-state index contributed by atoms with van der Waals surface area (Å²) in [7, 11) is 0. The lowest BCUT2D eigenvalue weighted by atomic mass is 9.92. The zero-order valence-corrected chi connectivity index (χ0v) is 11.2. The van der Waals surface area contributed by atoms with Gasteiger partial charge in [0.05, 0.1) is 12.0 Å². The van der Waals surface area contributed by atoms with Gasteiger partial charge in [-0.05, 0) is 30.5 Å². The summed E-state index contributed by atoms with van der Waals surface area (Å²) < 4.78 is 0. The molecule has 18 heavy (non-hydrogen) atoms. The maximum Gasteiger partial charge on any atom is 0.224 e. The van der Waals surface area contributed by atoms with Crippen LogP contribution in [0.15, 0.2) is 24.3 Å². The van der Waals surface area contributed by atoms with Crippen LogP contribution in [0.2, 0.25) is 0 Å². The Bertz CT molecular complexity index is 374. The van der Waals surface area contributed by atoms with Gasteiger partial charge in [0.2, 0.25) is 5.91 Å². The van der Waals surface area contributed by atoms with Crippen molar-refractivity contribution >= 4 is 11.6 Å². The van der Waals surface area contributed by atoms with E-state index < -0.39 is 0 Å². The highest BCUT2D eigenvalue weighted by Crippen LogP contribution is 2.14. The Morgan fingerprint density at radius 3 is 2.22 bits per heavy atom. The van der Waals surface area contributed by atoms with Crippen LogP contribution in [0.1, 0.15) is 32.3 Å². The van der Waals surface area contributed by atoms with Crippen molar-refractivity contribution in [2.24, 2.45) is 5.73 Å². The van der Waals surface area contributed by atoms with Crippen molar-refractivity contribution in [1.29, 1.82) is 0 Å². The van der Waals surface area contributed by atoms with Gasteiger partial charge in [-0.2, -0.15) is 0 Å². The highest BCUT2D eigenvalue weighted by molar-refractivity contribution is 5.79. The van der Waals surface area contributed by atoms with Crippen LogP contribution in [0, 0.1) is 0 Å². The molecule has 0 aliphatic rings. The molecule has 0 unspecified atom stereocenters. The van der Waals surface area contributed by atoms with Crippen molar-refractivity contribution < 1.29 is 4.79 Å². The molecular weight excluding hydrogens is 226 g/mol. The molecule has 1 aromatic carbocycles. The quantitative estimate of drug-likeness (QED) is 0.667. The van der Waals surface area contributed by atoms with E-state index in [1.807, 2.05) is 26.0 Å². The number of nitrogen functional groups attached to an aromatic ring is 1. The molecule has 0 heterocycles. The third-order valence-electron chi connectivity index (χ3n) is 3.49. The minimum atomic E-state index is -0.273. The summed E-state index contributed by atoms with van der Waals surface area (Å²) in [4.78, 5) is 12.0. The molecule has 1 amide bonds. The normalized spacial score (nSPS) is 11.3. The zero-order valence-electron chi connectivity index (χ0n) is 11.2. The fourth-order valence-corrected chi connectivity index (χ4v) is 1.93. The van der Waals surface area contributed by atoms with E-state index in [0.717, 1.165) is 18.4 Å². The van der Waals surface area contributed by atoms with Crippen molar-refractivity contribution in [2.75, 3.05) is 12.3 Å². The number of carbonyl (C=O) groups excluding carboxylic acids is 1. The first kappa shape index (κ1) is 14.5. The number of anilines is 1. The second-order valence-electron chi connectivity index (χ2n) is 4.66. The van der Waals surface area contributed by atoms with Crippen molar-refractivity contribution in [1.82, 2.24) is 5.32 Å². The molecule has 5 N–H and O–H groups in total. The lowest BCUT2D eigenvalue weighted by Crippen LogP contribution is -2.53. The highest BCUT2D eigenvalue weighted by Gasteiger charge is 2.25. The first-order valence-corrected chi connectivity index (χ1v) is 6.40. The molecule has 0 atom stereocenters. The van der Waals surface area contributed by atoms with Gasteiger partial charge in [-0.3, -0.25) is 4.79 Å². The van der Waals surface area contributed by atoms with Gasteiger partial charge in [0, 0.05) is 12.2 Å². The molecule has 0 aliphatic heterocycles. The fraction of sp³-hybridized carbons (Fsp3) is 0.500. The molecular formula is C14H23N3O. The van der Waals surface area contributed by atoms with Crippen molar-refractivity contribution in [3.8, 4) is 0 Å². The molecule has 0 saturated carbocycles. The van der Waals surface area contributed by atoms with E-state index >= 15 is 0 Å². The molecule has 4 nitrogen and oxygen atoms in total. The monoisotopic (exact) mass is 249 g/mol. The lowest BCUT2D eigenvalue weighted by molar-refractivity contribution is -0.122. The van der Waals surface area contributed by atoms with Gasteiger partial charge in [0.15, 0.2) is 0 Å². The molecule has 0 aliphatic carbocycles. The first-order chi connectivity index (χ1) is 8.55. The maximum absolute atomic E-state index is 12.0. The maximum atomic E-state index is 12.0. The molecule has 0 spiro atoms. The summed E-state index contributed by atoms with van der Waals surface area (Å²) in [5.74, 6) is 0.00826. The minimum Gasteiger partial charge on any atom is -0.399 e. The second kappa shape index (κ2) is 6.40. The SMILES string of the molecule is CCC(CC)(CN)NC(=O)Cc1ccc(N)cc1. The number of rotatable bonds is 6. The van der Waals surface area contributed by atoms with E-state index in [1.54, 1.807) is 12.1 Å². The molecule has 0 fully saturated rings. The van der Waals surface area contributed by atoms with Gasteiger partial charge < -0.3 is 16.8 Å². The molecule has 0 bridgehead atoms. The van der Waals surface area contributed by atoms with Gasteiger partial charge in [-0.15, -0.1) is 0 Å². The van der Waals surface area contributed by atoms with E-state index in [9.17, 15) is 4.79 Å². The largest absolute Gasteiger partial charge is 0.399 e. The summed E-state index contributed by atoms with van der Waals surface area (Å²) in [5.41, 5.74) is 12.8. The van der Waals surface area contributed by atoms with E-state index in [1.165, 1.54) is 0 Å². The molecule has 1 aromatic rings. The van der Waals surface area contributed by atoms with Crippen LogP contribution < -0.4 is 16.8 Å². The third kappa shape index (κ3) is 3.74. The topological polar surface area (TPSA) is 81.1 Å². The van der Waals surface area contributed by atoms with Gasteiger partial charge in [-0.25, -0.2) is 0 Å². The van der Waals surface area contributed by atoms with Crippen LogP contribution in [0.3, 0.4) is 0 Å². The van der Waals surface area contributed by atoms with Crippen LogP contribution >= 0.6 is 0 Å². The van der Waals surface area contributed by atoms with Gasteiger partial charge in [-0.1, -0.05) is 26.0 Å².